The number of carbonyl (C=O) groups excluding carboxylic acids is 1. The number of rotatable bonds is 4. The first-order valence-electron chi connectivity index (χ1n) is 6.80. The number of aromatic nitrogens is 1. The number of nitrogens with zero attached hydrogens (tertiary/aromatic N) is 2. The molecule has 1 fully saturated rings. The SMILES string of the molecule is CCC(C)C(=O)Nc1ccc(N2CCOCC2)nc1. The van der Waals surface area contributed by atoms with Crippen LogP contribution in [0.5, 0.6) is 0 Å². The largest absolute Gasteiger partial charge is 0.378 e. The van der Waals surface area contributed by atoms with E-state index in [1.807, 2.05) is 26.0 Å². The molecule has 5 nitrogen and oxygen atoms in total. The van der Waals surface area contributed by atoms with Gasteiger partial charge in [0.25, 0.3) is 0 Å². The van der Waals surface area contributed by atoms with Crippen molar-refractivity contribution in [3.05, 3.63) is 18.3 Å². The molecule has 2 heterocycles. The van der Waals surface area contributed by atoms with Crippen LogP contribution in [0.15, 0.2) is 18.3 Å². The van der Waals surface area contributed by atoms with Crippen molar-refractivity contribution in [2.24, 2.45) is 5.92 Å². The Balaban J connectivity index is 1.96. The summed E-state index contributed by atoms with van der Waals surface area (Å²) in [6.07, 6.45) is 2.55. The second kappa shape index (κ2) is 6.52. The van der Waals surface area contributed by atoms with Crippen LogP contribution in [0.1, 0.15) is 20.3 Å². The number of carbonyl (C=O) groups is 1. The molecule has 5 heteroatoms. The van der Waals surface area contributed by atoms with Crippen LogP contribution in [0.25, 0.3) is 0 Å². The van der Waals surface area contributed by atoms with Gasteiger partial charge in [-0.1, -0.05) is 13.8 Å². The third-order valence-corrected chi connectivity index (χ3v) is 3.41. The van der Waals surface area contributed by atoms with Gasteiger partial charge in [0.15, 0.2) is 0 Å². The first kappa shape index (κ1) is 13.8. The molecule has 1 unspecified atom stereocenters. The van der Waals surface area contributed by atoms with Gasteiger partial charge in [-0.05, 0) is 18.6 Å². The van der Waals surface area contributed by atoms with Crippen LogP contribution in [0.2, 0.25) is 0 Å². The van der Waals surface area contributed by atoms with Crippen molar-refractivity contribution in [1.82, 2.24) is 4.98 Å². The second-order valence-electron chi connectivity index (χ2n) is 4.80. The predicted octanol–water partition coefficient (Wildman–Crippen LogP) is 1.90. The monoisotopic (exact) mass is 263 g/mol. The van der Waals surface area contributed by atoms with Crippen molar-refractivity contribution in [3.8, 4) is 0 Å². The zero-order valence-electron chi connectivity index (χ0n) is 11.6. The van der Waals surface area contributed by atoms with Crippen molar-refractivity contribution in [3.63, 3.8) is 0 Å². The Labute approximate surface area is 114 Å². The van der Waals surface area contributed by atoms with E-state index in [0.29, 0.717) is 0 Å². The fraction of sp³-hybridized carbons (Fsp3) is 0.571. The molecule has 0 saturated carbocycles. The average molecular weight is 263 g/mol. The molecule has 1 atom stereocenters. The van der Waals surface area contributed by atoms with E-state index in [-0.39, 0.29) is 11.8 Å². The predicted molar refractivity (Wildman–Crippen MR) is 75.4 cm³/mol. The van der Waals surface area contributed by atoms with E-state index in [9.17, 15) is 4.79 Å². The third kappa shape index (κ3) is 3.67. The zero-order valence-corrected chi connectivity index (χ0v) is 11.6. The van der Waals surface area contributed by atoms with Gasteiger partial charge < -0.3 is 15.0 Å². The molecule has 0 radical (unpaired) electrons. The van der Waals surface area contributed by atoms with Crippen molar-refractivity contribution in [2.75, 3.05) is 36.5 Å². The lowest BCUT2D eigenvalue weighted by molar-refractivity contribution is -0.119. The van der Waals surface area contributed by atoms with Crippen LogP contribution in [0.4, 0.5) is 11.5 Å². The van der Waals surface area contributed by atoms with E-state index in [0.717, 1.165) is 44.2 Å². The first-order chi connectivity index (χ1) is 9.20. The number of nitrogens with one attached hydrogen (secondary N) is 1. The normalized spacial score (nSPS) is 17.1. The summed E-state index contributed by atoms with van der Waals surface area (Å²) < 4.78 is 5.31. The van der Waals surface area contributed by atoms with Crippen molar-refractivity contribution >= 4 is 17.4 Å². The molecule has 0 aromatic carbocycles. The summed E-state index contributed by atoms with van der Waals surface area (Å²) in [5, 5.41) is 2.88. The summed E-state index contributed by atoms with van der Waals surface area (Å²) >= 11 is 0. The molecule has 104 valence electrons. The Morgan fingerprint density at radius 1 is 1.47 bits per heavy atom. The molecule has 1 aliphatic rings. The molecule has 2 rings (SSSR count). The first-order valence-corrected chi connectivity index (χ1v) is 6.80. The smallest absolute Gasteiger partial charge is 0.227 e. The molecule has 1 aromatic rings. The molecule has 0 bridgehead atoms. The van der Waals surface area contributed by atoms with E-state index >= 15 is 0 Å². The van der Waals surface area contributed by atoms with E-state index in [1.54, 1.807) is 6.20 Å². The molecule has 1 aromatic heterocycles. The minimum atomic E-state index is 0.0268. The van der Waals surface area contributed by atoms with Crippen LogP contribution >= 0.6 is 0 Å². The molecule has 1 amide bonds. The minimum absolute atomic E-state index is 0.0268. The van der Waals surface area contributed by atoms with Crippen LogP contribution < -0.4 is 10.2 Å². The van der Waals surface area contributed by atoms with Gasteiger partial charge in [-0.15, -0.1) is 0 Å². The average Bonchev–Trinajstić information content (AvgIpc) is 2.48. The maximum absolute atomic E-state index is 11.8. The topological polar surface area (TPSA) is 54.5 Å². The third-order valence-electron chi connectivity index (χ3n) is 3.41. The maximum atomic E-state index is 11.8. The van der Waals surface area contributed by atoms with E-state index in [4.69, 9.17) is 4.74 Å². The van der Waals surface area contributed by atoms with Crippen LogP contribution in [0.3, 0.4) is 0 Å². The summed E-state index contributed by atoms with van der Waals surface area (Å²) in [7, 11) is 0. The molecule has 1 aliphatic heterocycles. The fourth-order valence-electron chi connectivity index (χ4n) is 1.89. The number of hydrogen-bond donors (Lipinski definition) is 1. The van der Waals surface area contributed by atoms with E-state index in [2.05, 4.69) is 15.2 Å². The highest BCUT2D eigenvalue weighted by Gasteiger charge is 2.13. The summed E-state index contributed by atoms with van der Waals surface area (Å²) in [6.45, 7) is 7.15. The molecular weight excluding hydrogens is 242 g/mol. The molecule has 1 saturated heterocycles. The van der Waals surface area contributed by atoms with Gasteiger partial charge in [0.05, 0.1) is 25.1 Å². The zero-order chi connectivity index (χ0) is 13.7. The van der Waals surface area contributed by atoms with E-state index < -0.39 is 0 Å². The molecule has 0 spiro atoms. The lowest BCUT2D eigenvalue weighted by Crippen LogP contribution is -2.36. The standard InChI is InChI=1S/C14H21N3O2/c1-3-11(2)14(18)16-12-4-5-13(15-10-12)17-6-8-19-9-7-17/h4-5,10-11H,3,6-9H2,1-2H3,(H,16,18). The van der Waals surface area contributed by atoms with Gasteiger partial charge in [0.2, 0.25) is 5.91 Å². The summed E-state index contributed by atoms with van der Waals surface area (Å²) in [4.78, 5) is 18.3. The Hall–Kier alpha value is -1.62. The highest BCUT2D eigenvalue weighted by molar-refractivity contribution is 5.92. The Morgan fingerprint density at radius 3 is 2.79 bits per heavy atom. The molecule has 19 heavy (non-hydrogen) atoms. The van der Waals surface area contributed by atoms with Gasteiger partial charge in [-0.3, -0.25) is 4.79 Å². The molecular formula is C14H21N3O2. The van der Waals surface area contributed by atoms with Gasteiger partial charge in [-0.25, -0.2) is 4.98 Å². The summed E-state index contributed by atoms with van der Waals surface area (Å²) in [5.74, 6) is 1.01. The fourth-order valence-corrected chi connectivity index (χ4v) is 1.89. The Bertz CT molecular complexity index is 413. The van der Waals surface area contributed by atoms with Crippen molar-refractivity contribution in [2.45, 2.75) is 20.3 Å². The Morgan fingerprint density at radius 2 is 2.21 bits per heavy atom. The number of amides is 1. The van der Waals surface area contributed by atoms with Gasteiger partial charge in [-0.2, -0.15) is 0 Å². The van der Waals surface area contributed by atoms with Gasteiger partial charge in [0, 0.05) is 19.0 Å². The second-order valence-corrected chi connectivity index (χ2v) is 4.80. The van der Waals surface area contributed by atoms with Crippen LogP contribution in [0, 0.1) is 5.92 Å². The lowest BCUT2D eigenvalue weighted by atomic mass is 10.1. The van der Waals surface area contributed by atoms with Gasteiger partial charge in [0.1, 0.15) is 5.82 Å². The van der Waals surface area contributed by atoms with Crippen molar-refractivity contribution < 1.29 is 9.53 Å². The molecule has 1 N–H and O–H groups in total. The number of pyridine rings is 1. The van der Waals surface area contributed by atoms with Crippen molar-refractivity contribution in [1.29, 1.82) is 0 Å². The summed E-state index contributed by atoms with van der Waals surface area (Å²) in [6, 6.07) is 3.84. The highest BCUT2D eigenvalue weighted by Crippen LogP contribution is 2.16. The maximum Gasteiger partial charge on any atom is 0.227 e. The number of morpholine rings is 1. The number of ether oxygens (including phenoxy) is 1. The molecule has 0 aliphatic carbocycles. The van der Waals surface area contributed by atoms with E-state index in [1.165, 1.54) is 0 Å². The summed E-state index contributed by atoms with van der Waals surface area (Å²) in [5.41, 5.74) is 0.752. The lowest BCUT2D eigenvalue weighted by Gasteiger charge is -2.27. The quantitative estimate of drug-likeness (QED) is 0.901. The Kier molecular flexibility index (Phi) is 4.74. The minimum Gasteiger partial charge on any atom is -0.378 e. The number of hydrogen-bond acceptors (Lipinski definition) is 4. The van der Waals surface area contributed by atoms with Crippen LogP contribution in [-0.2, 0) is 9.53 Å². The van der Waals surface area contributed by atoms with Crippen LogP contribution in [-0.4, -0.2) is 37.2 Å². The number of anilines is 2. The van der Waals surface area contributed by atoms with Gasteiger partial charge >= 0.3 is 0 Å². The highest BCUT2D eigenvalue weighted by atomic mass is 16.5.